The molecule has 2 rings (SSSR count). The zero-order valence-corrected chi connectivity index (χ0v) is 9.96. The van der Waals surface area contributed by atoms with Crippen LogP contribution in [0.15, 0.2) is 9.90 Å². The average Bonchev–Trinajstić information content (AvgIpc) is 2.86. The second-order valence-electron chi connectivity index (χ2n) is 3.56. The molecular formula is C10H14N4OS. The topological polar surface area (TPSA) is 77.8 Å². The predicted molar refractivity (Wildman–Crippen MR) is 62.2 cm³/mol. The minimum absolute atomic E-state index is 0.562. The Bertz CT molecular complexity index is 451. The SMILES string of the molecule is CCCCc1noc(Cc2csc(N)n2)n1. The Kier molecular flexibility index (Phi) is 3.51. The molecule has 0 fully saturated rings. The van der Waals surface area contributed by atoms with Gasteiger partial charge in [0.2, 0.25) is 5.89 Å². The fraction of sp³-hybridized carbons (Fsp3) is 0.500. The summed E-state index contributed by atoms with van der Waals surface area (Å²) in [5.74, 6) is 1.39. The largest absolute Gasteiger partial charge is 0.375 e. The maximum atomic E-state index is 5.54. The summed E-state index contributed by atoms with van der Waals surface area (Å²) in [6, 6.07) is 0. The number of nitrogen functional groups attached to an aromatic ring is 1. The summed E-state index contributed by atoms with van der Waals surface area (Å²) >= 11 is 1.42. The van der Waals surface area contributed by atoms with E-state index in [4.69, 9.17) is 10.3 Å². The van der Waals surface area contributed by atoms with E-state index in [2.05, 4.69) is 22.0 Å². The molecule has 16 heavy (non-hydrogen) atoms. The fourth-order valence-corrected chi connectivity index (χ4v) is 1.92. The summed E-state index contributed by atoms with van der Waals surface area (Å²) in [6.45, 7) is 2.14. The lowest BCUT2D eigenvalue weighted by molar-refractivity contribution is 0.378. The van der Waals surface area contributed by atoms with Crippen molar-refractivity contribution in [2.45, 2.75) is 32.6 Å². The third kappa shape index (κ3) is 2.79. The standard InChI is InChI=1S/C10H14N4OS/c1-2-3-4-8-13-9(15-14-8)5-7-6-16-10(11)12-7/h6H,2-5H2,1H3,(H2,11,12). The van der Waals surface area contributed by atoms with Gasteiger partial charge in [0.1, 0.15) is 0 Å². The first-order valence-electron chi connectivity index (χ1n) is 5.29. The van der Waals surface area contributed by atoms with Crippen molar-refractivity contribution >= 4 is 16.5 Å². The number of nitrogens with two attached hydrogens (primary N) is 1. The highest BCUT2D eigenvalue weighted by atomic mass is 32.1. The summed E-state index contributed by atoms with van der Waals surface area (Å²) in [4.78, 5) is 8.44. The van der Waals surface area contributed by atoms with E-state index in [9.17, 15) is 0 Å². The van der Waals surface area contributed by atoms with E-state index in [0.717, 1.165) is 30.8 Å². The van der Waals surface area contributed by atoms with Crippen LogP contribution in [0.2, 0.25) is 0 Å². The van der Waals surface area contributed by atoms with Crippen molar-refractivity contribution in [1.82, 2.24) is 15.1 Å². The first-order valence-corrected chi connectivity index (χ1v) is 6.17. The summed E-state index contributed by atoms with van der Waals surface area (Å²) in [7, 11) is 0. The molecule has 0 bridgehead atoms. The molecule has 2 heterocycles. The fourth-order valence-electron chi connectivity index (χ4n) is 1.36. The molecule has 5 nitrogen and oxygen atoms in total. The number of aromatic nitrogens is 3. The zero-order valence-electron chi connectivity index (χ0n) is 9.14. The zero-order chi connectivity index (χ0) is 11.4. The molecule has 2 N–H and O–H groups in total. The Balaban J connectivity index is 1.97. The van der Waals surface area contributed by atoms with Crippen molar-refractivity contribution in [3.63, 3.8) is 0 Å². The van der Waals surface area contributed by atoms with E-state index >= 15 is 0 Å². The molecule has 0 radical (unpaired) electrons. The molecule has 2 aromatic heterocycles. The first kappa shape index (κ1) is 11.1. The van der Waals surface area contributed by atoms with Gasteiger partial charge in [0.15, 0.2) is 11.0 Å². The number of unbranched alkanes of at least 4 members (excludes halogenated alkanes) is 1. The van der Waals surface area contributed by atoms with Crippen LogP contribution in [0, 0.1) is 0 Å². The number of hydrogen-bond donors (Lipinski definition) is 1. The number of nitrogens with zero attached hydrogens (tertiary/aromatic N) is 3. The third-order valence-corrected chi connectivity index (χ3v) is 2.89. The van der Waals surface area contributed by atoms with Gasteiger partial charge in [0.25, 0.3) is 0 Å². The van der Waals surface area contributed by atoms with E-state index < -0.39 is 0 Å². The lowest BCUT2D eigenvalue weighted by Gasteiger charge is -1.88. The van der Waals surface area contributed by atoms with Crippen molar-refractivity contribution in [1.29, 1.82) is 0 Å². The molecule has 0 atom stereocenters. The highest BCUT2D eigenvalue weighted by Gasteiger charge is 2.08. The monoisotopic (exact) mass is 238 g/mol. The van der Waals surface area contributed by atoms with Crippen molar-refractivity contribution in [2.24, 2.45) is 0 Å². The van der Waals surface area contributed by atoms with Crippen molar-refractivity contribution in [3.8, 4) is 0 Å². The van der Waals surface area contributed by atoms with Gasteiger partial charge in [-0.25, -0.2) is 4.98 Å². The van der Waals surface area contributed by atoms with E-state index in [1.165, 1.54) is 11.3 Å². The number of thiazole rings is 1. The van der Waals surface area contributed by atoms with Crippen LogP contribution < -0.4 is 5.73 Å². The summed E-state index contributed by atoms with van der Waals surface area (Å²) < 4.78 is 5.14. The predicted octanol–water partition coefficient (Wildman–Crippen LogP) is 2.04. The molecule has 0 amide bonds. The Hall–Kier alpha value is -1.43. The van der Waals surface area contributed by atoms with Gasteiger partial charge in [-0.1, -0.05) is 18.5 Å². The van der Waals surface area contributed by atoms with Crippen LogP contribution in [0.4, 0.5) is 5.13 Å². The van der Waals surface area contributed by atoms with Gasteiger partial charge < -0.3 is 10.3 Å². The number of anilines is 1. The molecule has 2 aromatic rings. The average molecular weight is 238 g/mol. The van der Waals surface area contributed by atoms with Crippen LogP contribution in [-0.2, 0) is 12.8 Å². The summed E-state index contributed by atoms with van der Waals surface area (Å²) in [5, 5.41) is 6.39. The maximum Gasteiger partial charge on any atom is 0.232 e. The molecular weight excluding hydrogens is 224 g/mol. The Labute approximate surface area is 97.7 Å². The molecule has 0 spiro atoms. The lowest BCUT2D eigenvalue weighted by Crippen LogP contribution is -1.91. The molecule has 86 valence electrons. The van der Waals surface area contributed by atoms with Gasteiger partial charge in [0.05, 0.1) is 12.1 Å². The minimum Gasteiger partial charge on any atom is -0.375 e. The van der Waals surface area contributed by atoms with Crippen molar-refractivity contribution in [3.05, 3.63) is 22.8 Å². The van der Waals surface area contributed by atoms with Crippen LogP contribution in [0.25, 0.3) is 0 Å². The number of aryl methyl sites for hydroxylation is 1. The normalized spacial score (nSPS) is 10.8. The van der Waals surface area contributed by atoms with Crippen molar-refractivity contribution in [2.75, 3.05) is 5.73 Å². The maximum absolute atomic E-state index is 5.54. The van der Waals surface area contributed by atoms with Crippen LogP contribution in [-0.4, -0.2) is 15.1 Å². The van der Waals surface area contributed by atoms with Gasteiger partial charge in [-0.05, 0) is 6.42 Å². The quantitative estimate of drug-likeness (QED) is 0.862. The summed E-state index contributed by atoms with van der Waals surface area (Å²) in [5.41, 5.74) is 6.43. The van der Waals surface area contributed by atoms with E-state index in [1.54, 1.807) is 0 Å². The number of rotatable bonds is 5. The van der Waals surface area contributed by atoms with E-state index in [-0.39, 0.29) is 0 Å². The lowest BCUT2D eigenvalue weighted by atomic mass is 10.2. The molecule has 6 heteroatoms. The molecule has 0 saturated carbocycles. The second kappa shape index (κ2) is 5.07. The molecule has 0 aliphatic carbocycles. The van der Waals surface area contributed by atoms with E-state index in [0.29, 0.717) is 17.4 Å². The second-order valence-corrected chi connectivity index (χ2v) is 4.45. The Morgan fingerprint density at radius 2 is 2.31 bits per heavy atom. The van der Waals surface area contributed by atoms with Gasteiger partial charge in [0, 0.05) is 11.8 Å². The molecule has 0 aliphatic rings. The van der Waals surface area contributed by atoms with Crippen LogP contribution in [0.5, 0.6) is 0 Å². The van der Waals surface area contributed by atoms with Crippen molar-refractivity contribution < 1.29 is 4.52 Å². The molecule has 0 aliphatic heterocycles. The van der Waals surface area contributed by atoms with Gasteiger partial charge >= 0.3 is 0 Å². The first-order chi connectivity index (χ1) is 7.78. The van der Waals surface area contributed by atoms with Gasteiger partial charge in [-0.3, -0.25) is 0 Å². The third-order valence-electron chi connectivity index (χ3n) is 2.17. The highest BCUT2D eigenvalue weighted by Crippen LogP contribution is 2.14. The van der Waals surface area contributed by atoms with Crippen LogP contribution in [0.1, 0.15) is 37.2 Å². The van der Waals surface area contributed by atoms with Crippen LogP contribution >= 0.6 is 11.3 Å². The van der Waals surface area contributed by atoms with Gasteiger partial charge in [-0.15, -0.1) is 11.3 Å². The Morgan fingerprint density at radius 3 is 3.00 bits per heavy atom. The molecule has 0 saturated heterocycles. The van der Waals surface area contributed by atoms with E-state index in [1.807, 2.05) is 5.38 Å². The van der Waals surface area contributed by atoms with Gasteiger partial charge in [-0.2, -0.15) is 4.98 Å². The molecule has 0 unspecified atom stereocenters. The smallest absolute Gasteiger partial charge is 0.232 e. The highest BCUT2D eigenvalue weighted by molar-refractivity contribution is 7.13. The molecule has 0 aromatic carbocycles. The minimum atomic E-state index is 0.562. The summed E-state index contributed by atoms with van der Waals surface area (Å²) in [6.07, 6.45) is 3.65. The number of hydrogen-bond acceptors (Lipinski definition) is 6. The Morgan fingerprint density at radius 1 is 1.44 bits per heavy atom. The van der Waals surface area contributed by atoms with Crippen LogP contribution in [0.3, 0.4) is 0 Å².